The molecule has 5 nitrogen and oxygen atoms in total. The van der Waals surface area contributed by atoms with Gasteiger partial charge in [-0.3, -0.25) is 0 Å². The molecule has 0 amide bonds. The van der Waals surface area contributed by atoms with Crippen molar-refractivity contribution in [1.29, 1.82) is 0 Å². The molecule has 2 aromatic heterocycles. The van der Waals surface area contributed by atoms with Crippen LogP contribution in [-0.4, -0.2) is 24.9 Å². The fourth-order valence-electron chi connectivity index (χ4n) is 1.48. The topological polar surface area (TPSA) is 85.1 Å². The molecular formula is C11H13N3O2S4. The Bertz CT molecular complexity index is 718. The highest BCUT2D eigenvalue weighted by Crippen LogP contribution is 2.21. The van der Waals surface area contributed by atoms with Crippen LogP contribution < -0.4 is 10.5 Å². The number of thiazole rings is 1. The maximum atomic E-state index is 12.1. The van der Waals surface area contributed by atoms with Gasteiger partial charge in [-0.15, -0.1) is 22.7 Å². The minimum Gasteiger partial charge on any atom is -0.389 e. The standard InChI is InChI=1S/C11H13N3O2S4/c1-7-6-18-9(14-7)4-5-13-20(15,16)10-3-2-8(19-10)11(12)17/h2-3,6,13H,4-5H2,1H3,(H2,12,17). The van der Waals surface area contributed by atoms with Gasteiger partial charge in [-0.05, 0) is 19.1 Å². The first-order chi connectivity index (χ1) is 9.38. The molecule has 0 aliphatic heterocycles. The van der Waals surface area contributed by atoms with Gasteiger partial charge < -0.3 is 5.73 Å². The molecule has 0 aromatic carbocycles. The smallest absolute Gasteiger partial charge is 0.250 e. The van der Waals surface area contributed by atoms with Gasteiger partial charge in [0.05, 0.1) is 9.88 Å². The van der Waals surface area contributed by atoms with Gasteiger partial charge in [0.2, 0.25) is 10.0 Å². The molecule has 0 unspecified atom stereocenters. The number of thiophene rings is 1. The number of aryl methyl sites for hydroxylation is 1. The molecule has 9 heteroatoms. The van der Waals surface area contributed by atoms with Gasteiger partial charge in [0.25, 0.3) is 0 Å². The lowest BCUT2D eigenvalue weighted by Crippen LogP contribution is -2.25. The Morgan fingerprint density at radius 1 is 1.50 bits per heavy atom. The van der Waals surface area contributed by atoms with Gasteiger partial charge >= 0.3 is 0 Å². The molecule has 108 valence electrons. The quantitative estimate of drug-likeness (QED) is 0.777. The van der Waals surface area contributed by atoms with E-state index in [1.807, 2.05) is 12.3 Å². The Morgan fingerprint density at radius 3 is 2.80 bits per heavy atom. The Kier molecular flexibility index (Phi) is 4.86. The van der Waals surface area contributed by atoms with Crippen LogP contribution in [0.15, 0.2) is 21.7 Å². The first-order valence-corrected chi connectivity index (χ1v) is 9.27. The van der Waals surface area contributed by atoms with Gasteiger partial charge in [0, 0.05) is 24.0 Å². The minimum atomic E-state index is -3.51. The summed E-state index contributed by atoms with van der Waals surface area (Å²) in [6.45, 7) is 2.22. The predicted molar refractivity (Wildman–Crippen MR) is 85.9 cm³/mol. The lowest BCUT2D eigenvalue weighted by Gasteiger charge is -2.03. The number of rotatable bonds is 6. The molecule has 2 aromatic rings. The summed E-state index contributed by atoms with van der Waals surface area (Å²) in [5, 5.41) is 2.86. The second-order valence-corrected chi connectivity index (χ2v) is 8.47. The highest BCUT2D eigenvalue weighted by molar-refractivity contribution is 7.91. The first kappa shape index (κ1) is 15.5. The van der Waals surface area contributed by atoms with Gasteiger partial charge in [-0.25, -0.2) is 18.1 Å². The lowest BCUT2D eigenvalue weighted by molar-refractivity contribution is 0.583. The molecule has 0 atom stereocenters. The number of nitrogens with one attached hydrogen (secondary N) is 1. The summed E-state index contributed by atoms with van der Waals surface area (Å²) in [7, 11) is -3.51. The van der Waals surface area contributed by atoms with E-state index in [2.05, 4.69) is 9.71 Å². The Hall–Kier alpha value is -0.870. The minimum absolute atomic E-state index is 0.203. The number of aromatic nitrogens is 1. The summed E-state index contributed by atoms with van der Waals surface area (Å²) in [6.07, 6.45) is 0.575. The zero-order valence-electron chi connectivity index (χ0n) is 10.6. The van der Waals surface area contributed by atoms with E-state index in [1.54, 1.807) is 6.07 Å². The van der Waals surface area contributed by atoms with Crippen LogP contribution in [0.5, 0.6) is 0 Å². The Labute approximate surface area is 130 Å². The summed E-state index contributed by atoms with van der Waals surface area (Å²) >= 11 is 7.41. The summed E-state index contributed by atoms with van der Waals surface area (Å²) in [6, 6.07) is 3.13. The van der Waals surface area contributed by atoms with Crippen LogP contribution in [0, 0.1) is 6.92 Å². The fraction of sp³-hybridized carbons (Fsp3) is 0.273. The van der Waals surface area contributed by atoms with Gasteiger partial charge in [0.1, 0.15) is 9.20 Å². The number of sulfonamides is 1. The average Bonchev–Trinajstić information content (AvgIpc) is 2.98. The molecule has 0 aliphatic carbocycles. The highest BCUT2D eigenvalue weighted by atomic mass is 32.2. The third-order valence-electron chi connectivity index (χ3n) is 2.39. The Morgan fingerprint density at radius 2 is 2.25 bits per heavy atom. The van der Waals surface area contributed by atoms with Crippen molar-refractivity contribution in [3.63, 3.8) is 0 Å². The second kappa shape index (κ2) is 6.27. The molecule has 0 saturated carbocycles. The summed E-state index contributed by atoms with van der Waals surface area (Å²) in [5.41, 5.74) is 6.42. The number of nitrogens with zero attached hydrogens (tertiary/aromatic N) is 1. The molecule has 0 radical (unpaired) electrons. The van der Waals surface area contributed by atoms with E-state index in [1.165, 1.54) is 17.4 Å². The summed E-state index contributed by atoms with van der Waals surface area (Å²) < 4.78 is 26.9. The van der Waals surface area contributed by atoms with Crippen molar-refractivity contribution in [2.45, 2.75) is 17.6 Å². The van der Waals surface area contributed by atoms with E-state index in [4.69, 9.17) is 18.0 Å². The van der Waals surface area contributed by atoms with Gasteiger partial charge in [-0.2, -0.15) is 0 Å². The van der Waals surface area contributed by atoms with E-state index in [9.17, 15) is 8.42 Å². The second-order valence-electron chi connectivity index (χ2n) is 4.01. The third-order valence-corrected chi connectivity index (χ3v) is 6.83. The SMILES string of the molecule is Cc1csc(CCNS(=O)(=O)c2ccc(C(N)=S)s2)n1. The molecule has 2 rings (SSSR count). The molecule has 0 saturated heterocycles. The van der Waals surface area contributed by atoms with E-state index in [-0.39, 0.29) is 9.20 Å². The van der Waals surface area contributed by atoms with Crippen LogP contribution in [0.3, 0.4) is 0 Å². The van der Waals surface area contributed by atoms with Crippen LogP contribution in [0.1, 0.15) is 15.6 Å². The van der Waals surface area contributed by atoms with Crippen LogP contribution in [0.25, 0.3) is 0 Å². The highest BCUT2D eigenvalue weighted by Gasteiger charge is 2.17. The summed E-state index contributed by atoms with van der Waals surface area (Å²) in [4.78, 5) is 5.08. The van der Waals surface area contributed by atoms with Crippen molar-refractivity contribution in [1.82, 2.24) is 9.71 Å². The number of thiocarbonyl (C=S) groups is 1. The molecular weight excluding hydrogens is 334 g/mol. The van der Waals surface area contributed by atoms with E-state index in [0.29, 0.717) is 17.8 Å². The van der Waals surface area contributed by atoms with E-state index >= 15 is 0 Å². The average molecular weight is 348 g/mol. The fourth-order valence-corrected chi connectivity index (χ4v) is 4.68. The van der Waals surface area contributed by atoms with Crippen molar-refractivity contribution in [3.05, 3.63) is 33.1 Å². The van der Waals surface area contributed by atoms with E-state index < -0.39 is 10.0 Å². The Balaban J connectivity index is 1.98. The molecule has 20 heavy (non-hydrogen) atoms. The predicted octanol–water partition coefficient (Wildman–Crippen LogP) is 1.67. The monoisotopic (exact) mass is 347 g/mol. The van der Waals surface area contributed by atoms with Crippen molar-refractivity contribution < 1.29 is 8.42 Å². The van der Waals surface area contributed by atoms with Crippen LogP contribution in [0.2, 0.25) is 0 Å². The van der Waals surface area contributed by atoms with Crippen LogP contribution in [0.4, 0.5) is 0 Å². The van der Waals surface area contributed by atoms with Gasteiger partial charge in [0.15, 0.2) is 0 Å². The van der Waals surface area contributed by atoms with Crippen molar-refractivity contribution >= 4 is 49.9 Å². The zero-order chi connectivity index (χ0) is 14.8. The normalized spacial score (nSPS) is 11.7. The lowest BCUT2D eigenvalue weighted by atomic mass is 10.4. The molecule has 2 heterocycles. The molecule has 3 N–H and O–H groups in total. The summed E-state index contributed by atoms with van der Waals surface area (Å²) in [5.74, 6) is 0. The number of hydrogen-bond acceptors (Lipinski definition) is 6. The maximum absolute atomic E-state index is 12.1. The maximum Gasteiger partial charge on any atom is 0.250 e. The number of nitrogens with two attached hydrogens (primary N) is 1. The van der Waals surface area contributed by atoms with E-state index in [0.717, 1.165) is 22.0 Å². The van der Waals surface area contributed by atoms with Crippen LogP contribution >= 0.6 is 34.9 Å². The van der Waals surface area contributed by atoms with Gasteiger partial charge in [-0.1, -0.05) is 12.2 Å². The van der Waals surface area contributed by atoms with Crippen molar-refractivity contribution in [2.24, 2.45) is 5.73 Å². The number of hydrogen-bond donors (Lipinski definition) is 2. The van der Waals surface area contributed by atoms with Crippen LogP contribution in [-0.2, 0) is 16.4 Å². The zero-order valence-corrected chi connectivity index (χ0v) is 13.9. The van der Waals surface area contributed by atoms with Crippen molar-refractivity contribution in [2.75, 3.05) is 6.54 Å². The molecule has 0 aliphatic rings. The molecule has 0 spiro atoms. The molecule has 0 fully saturated rings. The molecule has 0 bridgehead atoms. The van der Waals surface area contributed by atoms with Crippen molar-refractivity contribution in [3.8, 4) is 0 Å². The first-order valence-electron chi connectivity index (χ1n) is 5.69. The largest absolute Gasteiger partial charge is 0.389 e. The third kappa shape index (κ3) is 3.83.